The zero-order chi connectivity index (χ0) is 12.7. The summed E-state index contributed by atoms with van der Waals surface area (Å²) in [5.74, 6) is 0.0484. The third-order valence-electron chi connectivity index (χ3n) is 2.35. The van der Waals surface area contributed by atoms with Gasteiger partial charge in [-0.3, -0.25) is 4.98 Å². The zero-order valence-corrected chi connectivity index (χ0v) is 10.7. The number of rotatable bonds is 7. The average molecular weight is 258 g/mol. The summed E-state index contributed by atoms with van der Waals surface area (Å²) in [5.41, 5.74) is 0.945. The Morgan fingerprint density at radius 3 is 2.65 bits per heavy atom. The van der Waals surface area contributed by atoms with Gasteiger partial charge < -0.3 is 5.11 Å². The molecule has 1 heterocycles. The second-order valence-electron chi connectivity index (χ2n) is 3.96. The van der Waals surface area contributed by atoms with E-state index in [-0.39, 0.29) is 18.4 Å². The molecule has 0 aliphatic heterocycles. The number of nitrogens with zero attached hydrogens (tertiary/aromatic N) is 1. The van der Waals surface area contributed by atoms with Crippen LogP contribution in [0.1, 0.15) is 18.9 Å². The molecule has 5 nitrogen and oxygen atoms in total. The first-order valence-corrected chi connectivity index (χ1v) is 7.18. The molecule has 0 fully saturated rings. The summed E-state index contributed by atoms with van der Waals surface area (Å²) in [4.78, 5) is 3.87. The number of aliphatic hydroxyl groups excluding tert-OH is 1. The van der Waals surface area contributed by atoms with E-state index in [1.54, 1.807) is 31.5 Å². The Morgan fingerprint density at radius 1 is 1.41 bits per heavy atom. The first-order valence-electron chi connectivity index (χ1n) is 5.53. The highest BCUT2D eigenvalue weighted by atomic mass is 32.2. The highest BCUT2D eigenvalue weighted by molar-refractivity contribution is 7.89. The van der Waals surface area contributed by atoms with Gasteiger partial charge in [-0.1, -0.05) is 0 Å². The SMILES string of the molecule is CC(CCO)NS(=O)(=O)CCc1ccncc1. The third-order valence-corrected chi connectivity index (χ3v) is 3.85. The summed E-state index contributed by atoms with van der Waals surface area (Å²) in [7, 11) is -3.28. The first-order chi connectivity index (χ1) is 8.03. The number of aromatic nitrogens is 1. The molecule has 2 N–H and O–H groups in total. The quantitative estimate of drug-likeness (QED) is 0.738. The van der Waals surface area contributed by atoms with Crippen molar-refractivity contribution in [1.82, 2.24) is 9.71 Å². The third kappa shape index (κ3) is 5.76. The number of nitrogens with one attached hydrogen (secondary N) is 1. The second kappa shape index (κ2) is 6.68. The molecule has 1 atom stereocenters. The van der Waals surface area contributed by atoms with Gasteiger partial charge in [-0.05, 0) is 37.5 Å². The summed E-state index contributed by atoms with van der Waals surface area (Å²) in [5, 5.41) is 8.70. The minimum Gasteiger partial charge on any atom is -0.396 e. The predicted molar refractivity (Wildman–Crippen MR) is 66.0 cm³/mol. The van der Waals surface area contributed by atoms with E-state index in [0.29, 0.717) is 12.8 Å². The molecule has 1 aromatic rings. The van der Waals surface area contributed by atoms with Crippen LogP contribution in [-0.2, 0) is 16.4 Å². The Balaban J connectivity index is 2.45. The largest absolute Gasteiger partial charge is 0.396 e. The maximum atomic E-state index is 11.7. The van der Waals surface area contributed by atoms with Crippen LogP contribution < -0.4 is 4.72 Å². The number of aliphatic hydroxyl groups is 1. The topological polar surface area (TPSA) is 79.3 Å². The fourth-order valence-corrected chi connectivity index (χ4v) is 2.77. The summed E-state index contributed by atoms with van der Waals surface area (Å²) < 4.78 is 25.9. The van der Waals surface area contributed by atoms with Crippen molar-refractivity contribution >= 4 is 10.0 Å². The number of pyridine rings is 1. The smallest absolute Gasteiger partial charge is 0.212 e. The number of aryl methyl sites for hydroxylation is 1. The van der Waals surface area contributed by atoms with E-state index in [4.69, 9.17) is 5.11 Å². The van der Waals surface area contributed by atoms with Gasteiger partial charge in [-0.25, -0.2) is 13.1 Å². The Labute approximate surface area is 102 Å². The van der Waals surface area contributed by atoms with E-state index in [2.05, 4.69) is 9.71 Å². The van der Waals surface area contributed by atoms with E-state index in [9.17, 15) is 8.42 Å². The predicted octanol–water partition coefficient (Wildman–Crippen LogP) is 0.314. The van der Waals surface area contributed by atoms with Crippen molar-refractivity contribution in [3.05, 3.63) is 30.1 Å². The van der Waals surface area contributed by atoms with Gasteiger partial charge in [0, 0.05) is 25.0 Å². The highest BCUT2D eigenvalue weighted by Crippen LogP contribution is 2.01. The van der Waals surface area contributed by atoms with Crippen LogP contribution in [0.5, 0.6) is 0 Å². The molecule has 17 heavy (non-hydrogen) atoms. The molecular weight excluding hydrogens is 240 g/mol. The molecule has 1 rings (SSSR count). The van der Waals surface area contributed by atoms with E-state index in [1.165, 1.54) is 0 Å². The lowest BCUT2D eigenvalue weighted by molar-refractivity contribution is 0.275. The minimum atomic E-state index is -3.28. The van der Waals surface area contributed by atoms with Gasteiger partial charge >= 0.3 is 0 Å². The van der Waals surface area contributed by atoms with Crippen molar-refractivity contribution in [3.8, 4) is 0 Å². The van der Waals surface area contributed by atoms with E-state index in [0.717, 1.165) is 5.56 Å². The first kappa shape index (κ1) is 14.1. The Morgan fingerprint density at radius 2 is 2.06 bits per heavy atom. The molecule has 1 unspecified atom stereocenters. The normalized spacial score (nSPS) is 13.5. The van der Waals surface area contributed by atoms with Crippen LogP contribution >= 0.6 is 0 Å². The van der Waals surface area contributed by atoms with Crippen molar-refractivity contribution in [3.63, 3.8) is 0 Å². The molecule has 6 heteroatoms. The van der Waals surface area contributed by atoms with Crippen LogP contribution in [0.25, 0.3) is 0 Å². The van der Waals surface area contributed by atoms with Crippen molar-refractivity contribution < 1.29 is 13.5 Å². The van der Waals surface area contributed by atoms with Gasteiger partial charge in [0.15, 0.2) is 0 Å². The molecule has 0 spiro atoms. The summed E-state index contributed by atoms with van der Waals surface area (Å²) >= 11 is 0. The Hall–Kier alpha value is -0.980. The van der Waals surface area contributed by atoms with Crippen LogP contribution in [0.2, 0.25) is 0 Å². The molecule has 0 saturated heterocycles. The number of hydrogen-bond donors (Lipinski definition) is 2. The summed E-state index contributed by atoms with van der Waals surface area (Å²) in [6.45, 7) is 1.72. The van der Waals surface area contributed by atoms with Gasteiger partial charge in [0.1, 0.15) is 0 Å². The standard InChI is InChI=1S/C11H18N2O3S/c1-10(4-8-14)13-17(15,16)9-5-11-2-6-12-7-3-11/h2-3,6-7,10,13-14H,4-5,8-9H2,1H3. The van der Waals surface area contributed by atoms with Crippen molar-refractivity contribution in [2.24, 2.45) is 0 Å². The van der Waals surface area contributed by atoms with Gasteiger partial charge in [-0.2, -0.15) is 0 Å². The lowest BCUT2D eigenvalue weighted by Crippen LogP contribution is -2.35. The summed E-state index contributed by atoms with van der Waals surface area (Å²) in [6, 6.07) is 3.36. The Kier molecular flexibility index (Phi) is 5.54. The molecular formula is C11H18N2O3S. The Bertz CT molecular complexity index is 420. The summed E-state index contributed by atoms with van der Waals surface area (Å²) in [6.07, 6.45) is 4.17. The fraction of sp³-hybridized carbons (Fsp3) is 0.545. The van der Waals surface area contributed by atoms with Gasteiger partial charge in [0.05, 0.1) is 5.75 Å². The maximum absolute atomic E-state index is 11.7. The van der Waals surface area contributed by atoms with Crippen molar-refractivity contribution in [2.45, 2.75) is 25.8 Å². The lowest BCUT2D eigenvalue weighted by Gasteiger charge is -2.12. The lowest BCUT2D eigenvalue weighted by atomic mass is 10.2. The van der Waals surface area contributed by atoms with Crippen LogP contribution in [0.4, 0.5) is 0 Å². The molecule has 0 amide bonds. The van der Waals surface area contributed by atoms with Crippen LogP contribution in [0, 0.1) is 0 Å². The van der Waals surface area contributed by atoms with E-state index in [1.807, 2.05) is 0 Å². The zero-order valence-electron chi connectivity index (χ0n) is 9.83. The monoisotopic (exact) mass is 258 g/mol. The molecule has 96 valence electrons. The number of hydrogen-bond acceptors (Lipinski definition) is 4. The molecule has 0 aliphatic carbocycles. The van der Waals surface area contributed by atoms with Crippen LogP contribution in [0.3, 0.4) is 0 Å². The fourth-order valence-electron chi connectivity index (χ4n) is 1.42. The number of sulfonamides is 1. The highest BCUT2D eigenvalue weighted by Gasteiger charge is 2.13. The van der Waals surface area contributed by atoms with E-state index >= 15 is 0 Å². The molecule has 0 saturated carbocycles. The molecule has 1 aromatic heterocycles. The van der Waals surface area contributed by atoms with Crippen LogP contribution in [-0.4, -0.2) is 36.9 Å². The molecule has 0 aromatic carbocycles. The van der Waals surface area contributed by atoms with Crippen LogP contribution in [0.15, 0.2) is 24.5 Å². The van der Waals surface area contributed by atoms with Gasteiger partial charge in [0.2, 0.25) is 10.0 Å². The molecule has 0 radical (unpaired) electrons. The van der Waals surface area contributed by atoms with Crippen molar-refractivity contribution in [1.29, 1.82) is 0 Å². The minimum absolute atomic E-state index is 0.0198. The van der Waals surface area contributed by atoms with Gasteiger partial charge in [-0.15, -0.1) is 0 Å². The average Bonchev–Trinajstić information content (AvgIpc) is 2.27. The molecule has 0 aliphatic rings. The second-order valence-corrected chi connectivity index (χ2v) is 5.83. The van der Waals surface area contributed by atoms with E-state index < -0.39 is 10.0 Å². The molecule has 0 bridgehead atoms. The van der Waals surface area contributed by atoms with Gasteiger partial charge in [0.25, 0.3) is 0 Å². The van der Waals surface area contributed by atoms with Crippen molar-refractivity contribution in [2.75, 3.05) is 12.4 Å². The maximum Gasteiger partial charge on any atom is 0.212 e.